The van der Waals surface area contributed by atoms with E-state index in [2.05, 4.69) is 4.98 Å². The Kier molecular flexibility index (Phi) is 5.81. The fraction of sp³-hybridized carbons (Fsp3) is 0.320. The Balaban J connectivity index is 1.28. The summed E-state index contributed by atoms with van der Waals surface area (Å²) in [5, 5.41) is 0.703. The van der Waals surface area contributed by atoms with Crippen molar-refractivity contribution >= 4 is 28.5 Å². The zero-order chi connectivity index (χ0) is 22.9. The minimum absolute atomic E-state index is 0.0281. The summed E-state index contributed by atoms with van der Waals surface area (Å²) in [7, 11) is 1.73. The number of amides is 1. The zero-order valence-electron chi connectivity index (χ0n) is 18.4. The third kappa shape index (κ3) is 4.33. The molecule has 2 aromatic carbocycles. The molecule has 0 spiro atoms. The number of oxazole rings is 1. The average molecular weight is 465 g/mol. The molecular weight excluding hydrogens is 440 g/mol. The van der Waals surface area contributed by atoms with Gasteiger partial charge >= 0.3 is 5.69 Å². The number of nitrogens with zero attached hydrogens (tertiary/aromatic N) is 4. The standard InChI is InChI=1S/C25H25ClN4O3/c1-28-21-6-2-3-7-22(21)30(25(28)32)16-23(31)29-12-4-5-18(15-29)24-27-14-20(33-24)13-17-8-10-19(26)11-9-17/h2-3,6-11,14,18H,4-5,12-13,15-16H2,1H3. The lowest BCUT2D eigenvalue weighted by Gasteiger charge is -2.31. The van der Waals surface area contributed by atoms with Crippen molar-refractivity contribution in [1.29, 1.82) is 0 Å². The molecule has 5 rings (SSSR count). The van der Waals surface area contributed by atoms with Crippen LogP contribution in [0.4, 0.5) is 0 Å². The van der Waals surface area contributed by atoms with Gasteiger partial charge in [0.2, 0.25) is 5.91 Å². The molecule has 0 aliphatic carbocycles. The summed E-state index contributed by atoms with van der Waals surface area (Å²) in [4.78, 5) is 32.1. The molecule has 1 aliphatic heterocycles. The van der Waals surface area contributed by atoms with E-state index in [9.17, 15) is 9.59 Å². The summed E-state index contributed by atoms with van der Waals surface area (Å²) >= 11 is 5.96. The number of hydrogen-bond acceptors (Lipinski definition) is 4. The number of halogens is 1. The van der Waals surface area contributed by atoms with Crippen LogP contribution < -0.4 is 5.69 Å². The number of likely N-dealkylation sites (tertiary alicyclic amines) is 1. The van der Waals surface area contributed by atoms with Crippen LogP contribution in [0, 0.1) is 0 Å². The van der Waals surface area contributed by atoms with E-state index in [0.717, 1.165) is 35.2 Å². The van der Waals surface area contributed by atoms with Crippen molar-refractivity contribution < 1.29 is 9.21 Å². The van der Waals surface area contributed by atoms with Gasteiger partial charge in [-0.1, -0.05) is 35.9 Å². The molecule has 1 amide bonds. The van der Waals surface area contributed by atoms with Crippen molar-refractivity contribution in [3.8, 4) is 0 Å². The molecule has 0 radical (unpaired) electrons. The van der Waals surface area contributed by atoms with Gasteiger partial charge in [-0.25, -0.2) is 9.78 Å². The van der Waals surface area contributed by atoms with Gasteiger partial charge in [0.1, 0.15) is 12.3 Å². The van der Waals surface area contributed by atoms with Crippen LogP contribution in [0.5, 0.6) is 0 Å². The minimum atomic E-state index is -0.183. The van der Waals surface area contributed by atoms with E-state index in [0.29, 0.717) is 30.4 Å². The molecule has 33 heavy (non-hydrogen) atoms. The first-order valence-corrected chi connectivity index (χ1v) is 11.5. The van der Waals surface area contributed by atoms with Crippen LogP contribution in [0.1, 0.15) is 36.0 Å². The molecule has 4 aromatic rings. The topological polar surface area (TPSA) is 73.3 Å². The predicted octanol–water partition coefficient (Wildman–Crippen LogP) is 3.98. The highest BCUT2D eigenvalue weighted by Crippen LogP contribution is 2.27. The predicted molar refractivity (Wildman–Crippen MR) is 126 cm³/mol. The Labute approximate surface area is 196 Å². The monoisotopic (exact) mass is 464 g/mol. The molecule has 1 unspecified atom stereocenters. The molecule has 1 aliphatic rings. The van der Waals surface area contributed by atoms with Gasteiger partial charge in [0.15, 0.2) is 5.89 Å². The van der Waals surface area contributed by atoms with Gasteiger partial charge in [-0.15, -0.1) is 0 Å². The summed E-state index contributed by atoms with van der Waals surface area (Å²) in [5.41, 5.74) is 2.51. The lowest BCUT2D eigenvalue weighted by Crippen LogP contribution is -2.42. The van der Waals surface area contributed by atoms with Crippen LogP contribution in [0.15, 0.2) is 63.9 Å². The van der Waals surface area contributed by atoms with Crippen molar-refractivity contribution in [1.82, 2.24) is 19.0 Å². The number of aryl methyl sites for hydroxylation is 1. The number of hydrogen-bond donors (Lipinski definition) is 0. The number of carbonyl (C=O) groups excluding carboxylic acids is 1. The fourth-order valence-corrected chi connectivity index (χ4v) is 4.68. The maximum Gasteiger partial charge on any atom is 0.329 e. The summed E-state index contributed by atoms with van der Waals surface area (Å²) in [5.74, 6) is 1.44. The number of rotatable bonds is 5. The molecule has 0 bridgehead atoms. The number of para-hydroxylation sites is 2. The van der Waals surface area contributed by atoms with E-state index in [1.165, 1.54) is 0 Å². The molecular formula is C25H25ClN4O3. The van der Waals surface area contributed by atoms with Gasteiger partial charge in [-0.2, -0.15) is 0 Å². The molecule has 0 N–H and O–H groups in total. The first kappa shape index (κ1) is 21.5. The van der Waals surface area contributed by atoms with E-state index in [4.69, 9.17) is 16.0 Å². The summed E-state index contributed by atoms with van der Waals surface area (Å²) in [6.45, 7) is 1.24. The lowest BCUT2D eigenvalue weighted by atomic mass is 9.98. The van der Waals surface area contributed by atoms with Gasteiger partial charge in [0.25, 0.3) is 0 Å². The van der Waals surface area contributed by atoms with Crippen LogP contribution in [0.25, 0.3) is 11.0 Å². The van der Waals surface area contributed by atoms with Crippen LogP contribution in [-0.2, 0) is 24.8 Å². The number of piperidine rings is 1. The van der Waals surface area contributed by atoms with Crippen LogP contribution in [-0.4, -0.2) is 38.0 Å². The maximum absolute atomic E-state index is 13.1. The lowest BCUT2D eigenvalue weighted by molar-refractivity contribution is -0.133. The SMILES string of the molecule is Cn1c(=O)n(CC(=O)N2CCCC(c3ncc(Cc4ccc(Cl)cc4)o3)C2)c2ccccc21. The third-order valence-corrected chi connectivity index (χ3v) is 6.58. The molecule has 1 fully saturated rings. The second-order valence-corrected chi connectivity index (χ2v) is 9.00. The summed E-state index contributed by atoms with van der Waals surface area (Å²) in [6.07, 6.45) is 4.19. The molecule has 1 atom stereocenters. The van der Waals surface area contributed by atoms with E-state index < -0.39 is 0 Å². The smallest absolute Gasteiger partial charge is 0.329 e. The van der Waals surface area contributed by atoms with E-state index >= 15 is 0 Å². The highest BCUT2D eigenvalue weighted by Gasteiger charge is 2.28. The van der Waals surface area contributed by atoms with Crippen molar-refractivity contribution in [2.24, 2.45) is 7.05 Å². The van der Waals surface area contributed by atoms with Gasteiger partial charge < -0.3 is 9.32 Å². The second-order valence-electron chi connectivity index (χ2n) is 8.56. The van der Waals surface area contributed by atoms with Gasteiger partial charge in [0.05, 0.1) is 23.1 Å². The largest absolute Gasteiger partial charge is 0.445 e. The molecule has 2 aromatic heterocycles. The number of carbonyl (C=O) groups is 1. The van der Waals surface area contributed by atoms with Crippen molar-refractivity contribution in [2.45, 2.75) is 31.7 Å². The fourth-order valence-electron chi connectivity index (χ4n) is 4.55. The normalized spacial score (nSPS) is 16.4. The van der Waals surface area contributed by atoms with Crippen LogP contribution >= 0.6 is 11.6 Å². The van der Waals surface area contributed by atoms with Gasteiger partial charge in [0, 0.05) is 31.6 Å². The number of benzene rings is 2. The first-order chi connectivity index (χ1) is 16.0. The Morgan fingerprint density at radius 1 is 1.15 bits per heavy atom. The molecule has 8 heteroatoms. The van der Waals surface area contributed by atoms with Crippen molar-refractivity contribution in [3.63, 3.8) is 0 Å². The van der Waals surface area contributed by atoms with Gasteiger partial charge in [-0.3, -0.25) is 13.9 Å². The third-order valence-electron chi connectivity index (χ3n) is 6.33. The quantitative estimate of drug-likeness (QED) is 0.448. The maximum atomic E-state index is 13.1. The molecule has 1 saturated heterocycles. The van der Waals surface area contributed by atoms with Crippen LogP contribution in [0.2, 0.25) is 5.02 Å². The van der Waals surface area contributed by atoms with Crippen LogP contribution in [0.3, 0.4) is 0 Å². The highest BCUT2D eigenvalue weighted by molar-refractivity contribution is 6.30. The van der Waals surface area contributed by atoms with Crippen molar-refractivity contribution in [2.75, 3.05) is 13.1 Å². The summed E-state index contributed by atoms with van der Waals surface area (Å²) in [6, 6.07) is 15.2. The van der Waals surface area contributed by atoms with E-state index in [1.54, 1.807) is 22.4 Å². The minimum Gasteiger partial charge on any atom is -0.445 e. The number of imidazole rings is 1. The van der Waals surface area contributed by atoms with E-state index in [1.807, 2.05) is 53.4 Å². The zero-order valence-corrected chi connectivity index (χ0v) is 19.2. The number of fused-ring (bicyclic) bond motifs is 1. The van der Waals surface area contributed by atoms with Gasteiger partial charge in [-0.05, 0) is 42.7 Å². The number of aromatic nitrogens is 3. The molecule has 170 valence electrons. The average Bonchev–Trinajstić information content (AvgIpc) is 3.40. The first-order valence-electron chi connectivity index (χ1n) is 11.1. The Morgan fingerprint density at radius 2 is 1.91 bits per heavy atom. The van der Waals surface area contributed by atoms with Crippen molar-refractivity contribution in [3.05, 3.63) is 87.4 Å². The highest BCUT2D eigenvalue weighted by atomic mass is 35.5. The molecule has 3 heterocycles. The Morgan fingerprint density at radius 3 is 2.70 bits per heavy atom. The Hall–Kier alpha value is -3.32. The van der Waals surface area contributed by atoms with E-state index in [-0.39, 0.29) is 24.1 Å². The second kappa shape index (κ2) is 8.90. The molecule has 0 saturated carbocycles. The summed E-state index contributed by atoms with van der Waals surface area (Å²) < 4.78 is 9.18. The Bertz CT molecular complexity index is 1350. The molecule has 7 nitrogen and oxygen atoms in total.